The standard InChI is InChI=1S/C25H16ClN3O2/c26-18-14-12-17(13-15-18)23-28-31-25(20-9-3-4-10-21(20)27-24(25)30)29(23)22-11-5-7-16-6-1-2-8-19(16)22/h1-15H,(H,27,30). The Balaban J connectivity index is 1.64. The van der Waals surface area contributed by atoms with Crippen LogP contribution in [0.15, 0.2) is 96.2 Å². The summed E-state index contributed by atoms with van der Waals surface area (Å²) in [6.07, 6.45) is 0. The molecule has 0 fully saturated rings. The van der Waals surface area contributed by atoms with Crippen LogP contribution >= 0.6 is 11.6 Å². The number of carbonyl (C=O) groups is 1. The fourth-order valence-corrected chi connectivity index (χ4v) is 4.46. The van der Waals surface area contributed by atoms with Crippen molar-refractivity contribution in [1.29, 1.82) is 0 Å². The van der Waals surface area contributed by atoms with Gasteiger partial charge in [-0.05, 0) is 41.8 Å². The monoisotopic (exact) mass is 425 g/mol. The van der Waals surface area contributed by atoms with Crippen LogP contribution in [0, 0.1) is 0 Å². The molecule has 0 radical (unpaired) electrons. The van der Waals surface area contributed by atoms with Crippen LogP contribution in [0.5, 0.6) is 0 Å². The van der Waals surface area contributed by atoms with E-state index < -0.39 is 5.72 Å². The van der Waals surface area contributed by atoms with Gasteiger partial charge in [0.1, 0.15) is 0 Å². The topological polar surface area (TPSA) is 53.9 Å². The number of para-hydroxylation sites is 1. The van der Waals surface area contributed by atoms with Crippen LogP contribution in [-0.4, -0.2) is 11.7 Å². The van der Waals surface area contributed by atoms with Gasteiger partial charge >= 0.3 is 5.72 Å². The number of anilines is 2. The summed E-state index contributed by atoms with van der Waals surface area (Å²) in [6.45, 7) is 0. The highest BCUT2D eigenvalue weighted by Gasteiger charge is 2.60. The fourth-order valence-electron chi connectivity index (χ4n) is 4.34. The van der Waals surface area contributed by atoms with Crippen LogP contribution in [0.3, 0.4) is 0 Å². The van der Waals surface area contributed by atoms with Crippen LogP contribution in [-0.2, 0) is 15.4 Å². The first-order chi connectivity index (χ1) is 15.2. The summed E-state index contributed by atoms with van der Waals surface area (Å²) in [5, 5.41) is 10.1. The van der Waals surface area contributed by atoms with Gasteiger partial charge in [0.05, 0.1) is 16.9 Å². The number of rotatable bonds is 2. The summed E-state index contributed by atoms with van der Waals surface area (Å²) in [7, 11) is 0. The second kappa shape index (κ2) is 6.59. The average Bonchev–Trinajstić information content (AvgIpc) is 3.33. The summed E-state index contributed by atoms with van der Waals surface area (Å²) in [4.78, 5) is 21.3. The number of nitrogens with zero attached hydrogens (tertiary/aromatic N) is 2. The minimum atomic E-state index is -1.43. The van der Waals surface area contributed by atoms with Gasteiger partial charge in [-0.3, -0.25) is 9.69 Å². The molecule has 6 rings (SSSR count). The third-order valence-electron chi connectivity index (χ3n) is 5.75. The van der Waals surface area contributed by atoms with Crippen LogP contribution in [0.4, 0.5) is 11.4 Å². The molecule has 1 amide bonds. The zero-order valence-corrected chi connectivity index (χ0v) is 17.0. The molecule has 1 N–H and O–H groups in total. The number of oxime groups is 1. The Morgan fingerprint density at radius 2 is 1.61 bits per heavy atom. The molecule has 1 unspecified atom stereocenters. The number of hydrogen-bond acceptors (Lipinski definition) is 4. The summed E-state index contributed by atoms with van der Waals surface area (Å²) >= 11 is 6.11. The number of carbonyl (C=O) groups excluding carboxylic acids is 1. The lowest BCUT2D eigenvalue weighted by molar-refractivity contribution is -0.137. The van der Waals surface area contributed by atoms with Gasteiger partial charge in [-0.1, -0.05) is 71.4 Å². The first-order valence-corrected chi connectivity index (χ1v) is 10.3. The smallest absolute Gasteiger partial charge is 0.322 e. The van der Waals surface area contributed by atoms with E-state index >= 15 is 0 Å². The van der Waals surface area contributed by atoms with Crippen molar-refractivity contribution in [2.75, 3.05) is 10.2 Å². The zero-order chi connectivity index (χ0) is 21.0. The molecule has 0 saturated carbocycles. The maximum atomic E-state index is 13.4. The molecule has 1 spiro atoms. The van der Waals surface area contributed by atoms with E-state index in [0.717, 1.165) is 27.6 Å². The van der Waals surface area contributed by atoms with E-state index in [1.165, 1.54) is 0 Å². The summed E-state index contributed by atoms with van der Waals surface area (Å²) in [5.74, 6) is 0.259. The highest BCUT2D eigenvalue weighted by Crippen LogP contribution is 2.48. The number of nitrogens with one attached hydrogen (secondary N) is 1. The number of fused-ring (bicyclic) bond motifs is 3. The van der Waals surface area contributed by atoms with Gasteiger partial charge in [-0.2, -0.15) is 0 Å². The van der Waals surface area contributed by atoms with Crippen LogP contribution in [0.2, 0.25) is 5.02 Å². The van der Waals surface area contributed by atoms with Crippen LogP contribution < -0.4 is 10.2 Å². The van der Waals surface area contributed by atoms with E-state index in [9.17, 15) is 4.79 Å². The predicted octanol–water partition coefficient (Wildman–Crippen LogP) is 5.50. The number of amides is 1. The van der Waals surface area contributed by atoms with Gasteiger partial charge in [0.2, 0.25) is 0 Å². The van der Waals surface area contributed by atoms with Gasteiger partial charge in [0.15, 0.2) is 5.84 Å². The highest BCUT2D eigenvalue weighted by molar-refractivity contribution is 6.30. The van der Waals surface area contributed by atoms with E-state index in [0.29, 0.717) is 16.5 Å². The predicted molar refractivity (Wildman–Crippen MR) is 122 cm³/mol. The Morgan fingerprint density at radius 3 is 2.48 bits per heavy atom. The third kappa shape index (κ3) is 2.50. The van der Waals surface area contributed by atoms with E-state index in [1.807, 2.05) is 83.8 Å². The van der Waals surface area contributed by atoms with E-state index in [2.05, 4.69) is 10.5 Å². The normalized spacial score (nSPS) is 19.3. The van der Waals surface area contributed by atoms with Crippen molar-refractivity contribution in [1.82, 2.24) is 0 Å². The third-order valence-corrected chi connectivity index (χ3v) is 6.00. The van der Waals surface area contributed by atoms with E-state index in [4.69, 9.17) is 16.4 Å². The van der Waals surface area contributed by atoms with Crippen molar-refractivity contribution in [3.63, 3.8) is 0 Å². The molecule has 5 nitrogen and oxygen atoms in total. The quantitative estimate of drug-likeness (QED) is 0.461. The molecule has 2 aliphatic rings. The fraction of sp³-hybridized carbons (Fsp3) is 0.0400. The van der Waals surface area contributed by atoms with Gasteiger partial charge in [0.25, 0.3) is 5.91 Å². The van der Waals surface area contributed by atoms with Gasteiger partial charge in [0, 0.05) is 16.0 Å². The molecule has 0 saturated heterocycles. The molecule has 31 heavy (non-hydrogen) atoms. The van der Waals surface area contributed by atoms with Crippen molar-refractivity contribution in [3.05, 3.63) is 107 Å². The van der Waals surface area contributed by atoms with E-state index in [-0.39, 0.29) is 5.91 Å². The van der Waals surface area contributed by atoms with Crippen molar-refractivity contribution >= 4 is 45.5 Å². The Bertz CT molecular complexity index is 1380. The summed E-state index contributed by atoms with van der Waals surface area (Å²) in [6, 6.07) is 29.0. The Morgan fingerprint density at radius 1 is 0.871 bits per heavy atom. The molecule has 150 valence electrons. The number of amidine groups is 1. The molecule has 4 aromatic carbocycles. The zero-order valence-electron chi connectivity index (χ0n) is 16.2. The molecule has 2 aliphatic heterocycles. The molecule has 4 aromatic rings. The Kier molecular flexibility index (Phi) is 3.82. The first kappa shape index (κ1) is 18.0. The second-order valence-electron chi connectivity index (χ2n) is 7.49. The number of hydrogen-bond donors (Lipinski definition) is 1. The molecule has 2 heterocycles. The summed E-state index contributed by atoms with van der Waals surface area (Å²) in [5.41, 5.74) is 1.63. The molecule has 0 aromatic heterocycles. The lowest BCUT2D eigenvalue weighted by atomic mass is 9.98. The minimum absolute atomic E-state index is 0.283. The van der Waals surface area contributed by atoms with Crippen molar-refractivity contribution in [2.24, 2.45) is 5.16 Å². The van der Waals surface area contributed by atoms with Gasteiger partial charge < -0.3 is 10.2 Å². The van der Waals surface area contributed by atoms with Gasteiger partial charge in [-0.15, -0.1) is 0 Å². The largest absolute Gasteiger partial charge is 0.349 e. The molecule has 1 atom stereocenters. The van der Waals surface area contributed by atoms with Crippen molar-refractivity contribution < 1.29 is 9.63 Å². The maximum Gasteiger partial charge on any atom is 0.322 e. The van der Waals surface area contributed by atoms with E-state index in [1.54, 1.807) is 12.1 Å². The SMILES string of the molecule is O=C1Nc2ccccc2C12ON=C(c1ccc(Cl)cc1)N2c1cccc2ccccc12. The lowest BCUT2D eigenvalue weighted by Crippen LogP contribution is -2.51. The minimum Gasteiger partial charge on any atom is -0.349 e. The van der Waals surface area contributed by atoms with Crippen LogP contribution in [0.1, 0.15) is 11.1 Å². The number of benzene rings is 4. The highest BCUT2D eigenvalue weighted by atomic mass is 35.5. The number of halogens is 1. The Labute approximate surface area is 183 Å². The van der Waals surface area contributed by atoms with Crippen molar-refractivity contribution in [3.8, 4) is 0 Å². The summed E-state index contributed by atoms with van der Waals surface area (Å²) < 4.78 is 0. The first-order valence-electron chi connectivity index (χ1n) is 9.89. The maximum absolute atomic E-state index is 13.4. The molecular weight excluding hydrogens is 410 g/mol. The lowest BCUT2D eigenvalue weighted by Gasteiger charge is -2.33. The second-order valence-corrected chi connectivity index (χ2v) is 7.93. The molecule has 6 heteroatoms. The molecule has 0 bridgehead atoms. The Hall–Kier alpha value is -3.83. The molecule has 0 aliphatic carbocycles. The van der Waals surface area contributed by atoms with Crippen LogP contribution in [0.25, 0.3) is 10.8 Å². The molecular formula is C25H16ClN3O2. The van der Waals surface area contributed by atoms with Crippen molar-refractivity contribution in [2.45, 2.75) is 5.72 Å². The van der Waals surface area contributed by atoms with Gasteiger partial charge in [-0.25, -0.2) is 0 Å². The average molecular weight is 426 g/mol.